The molecule has 0 saturated heterocycles. The summed E-state index contributed by atoms with van der Waals surface area (Å²) in [7, 11) is 0. The Morgan fingerprint density at radius 3 is 2.46 bits per heavy atom. The summed E-state index contributed by atoms with van der Waals surface area (Å²) in [6, 6.07) is 14.1. The van der Waals surface area contributed by atoms with Crippen LogP contribution in [-0.2, 0) is 6.61 Å². The summed E-state index contributed by atoms with van der Waals surface area (Å²) >= 11 is 12.1. The molecule has 6 heteroatoms. The van der Waals surface area contributed by atoms with Gasteiger partial charge in [0, 0.05) is 0 Å². The van der Waals surface area contributed by atoms with Crippen LogP contribution >= 0.6 is 23.2 Å². The van der Waals surface area contributed by atoms with E-state index in [1.165, 1.54) is 5.56 Å². The van der Waals surface area contributed by atoms with Crippen molar-refractivity contribution in [3.8, 4) is 5.75 Å². The summed E-state index contributed by atoms with van der Waals surface area (Å²) in [6.07, 6.45) is 0. The van der Waals surface area contributed by atoms with Crippen molar-refractivity contribution in [2.75, 3.05) is 5.32 Å². The van der Waals surface area contributed by atoms with Crippen LogP contribution < -0.4 is 10.1 Å². The van der Waals surface area contributed by atoms with Gasteiger partial charge in [-0.05, 0) is 61.4 Å². The third-order valence-corrected chi connectivity index (χ3v) is 4.58. The molecule has 0 aliphatic heterocycles. The molecule has 26 heavy (non-hydrogen) atoms. The highest BCUT2D eigenvalue weighted by Gasteiger charge is 2.15. The van der Waals surface area contributed by atoms with Gasteiger partial charge in [0.25, 0.3) is 5.91 Å². The number of furan rings is 1. The summed E-state index contributed by atoms with van der Waals surface area (Å²) in [4.78, 5) is 12.3. The van der Waals surface area contributed by atoms with E-state index in [1.807, 2.05) is 32.0 Å². The normalized spacial score (nSPS) is 10.6. The lowest BCUT2D eigenvalue weighted by atomic mass is 10.1. The lowest BCUT2D eigenvalue weighted by Gasteiger charge is -2.08. The van der Waals surface area contributed by atoms with Crippen LogP contribution in [0.25, 0.3) is 0 Å². The van der Waals surface area contributed by atoms with Crippen molar-refractivity contribution < 1.29 is 13.9 Å². The molecule has 1 heterocycles. The zero-order chi connectivity index (χ0) is 18.7. The summed E-state index contributed by atoms with van der Waals surface area (Å²) in [6.45, 7) is 4.29. The van der Waals surface area contributed by atoms with Crippen molar-refractivity contribution in [3.63, 3.8) is 0 Å². The monoisotopic (exact) mass is 389 g/mol. The average Bonchev–Trinajstić information content (AvgIpc) is 3.08. The van der Waals surface area contributed by atoms with E-state index in [4.69, 9.17) is 32.4 Å². The second kappa shape index (κ2) is 7.85. The molecule has 1 amide bonds. The average molecular weight is 390 g/mol. The first-order chi connectivity index (χ1) is 12.4. The highest BCUT2D eigenvalue weighted by molar-refractivity contribution is 6.39. The highest BCUT2D eigenvalue weighted by Crippen LogP contribution is 2.30. The first-order valence-corrected chi connectivity index (χ1v) is 8.74. The second-order valence-corrected chi connectivity index (χ2v) is 6.67. The zero-order valence-electron chi connectivity index (χ0n) is 14.3. The van der Waals surface area contributed by atoms with Gasteiger partial charge in [-0.1, -0.05) is 35.3 Å². The number of nitrogens with one attached hydrogen (secondary N) is 1. The molecule has 0 fully saturated rings. The van der Waals surface area contributed by atoms with Crippen molar-refractivity contribution in [2.24, 2.45) is 0 Å². The van der Waals surface area contributed by atoms with Gasteiger partial charge in [0.05, 0.1) is 15.7 Å². The minimum absolute atomic E-state index is 0.152. The van der Waals surface area contributed by atoms with E-state index in [9.17, 15) is 4.79 Å². The molecule has 0 saturated carbocycles. The number of anilines is 1. The fourth-order valence-electron chi connectivity index (χ4n) is 2.33. The quantitative estimate of drug-likeness (QED) is 0.578. The molecule has 2 aromatic carbocycles. The predicted octanol–water partition coefficient (Wildman–Crippen LogP) is 6.03. The Morgan fingerprint density at radius 2 is 1.77 bits per heavy atom. The minimum Gasteiger partial charge on any atom is -0.486 e. The second-order valence-electron chi connectivity index (χ2n) is 5.85. The van der Waals surface area contributed by atoms with Gasteiger partial charge in [-0.3, -0.25) is 4.79 Å². The number of halogens is 2. The standard InChI is InChI=1S/C20H17Cl2NO3/c1-12-6-7-14(10-13(12)2)25-11-15-8-9-18(26-15)20(24)23-19-16(21)4-3-5-17(19)22/h3-10H,11H2,1-2H3,(H,23,24). The fraction of sp³-hybridized carbons (Fsp3) is 0.150. The van der Waals surface area contributed by atoms with Crippen molar-refractivity contribution >= 4 is 34.8 Å². The van der Waals surface area contributed by atoms with Gasteiger partial charge in [0.2, 0.25) is 0 Å². The Hall–Kier alpha value is -2.43. The molecule has 4 nitrogen and oxygen atoms in total. The van der Waals surface area contributed by atoms with Gasteiger partial charge >= 0.3 is 0 Å². The van der Waals surface area contributed by atoms with E-state index < -0.39 is 5.91 Å². The topological polar surface area (TPSA) is 51.5 Å². The Labute approximate surface area is 161 Å². The largest absolute Gasteiger partial charge is 0.486 e. The van der Waals surface area contributed by atoms with E-state index in [0.29, 0.717) is 21.5 Å². The van der Waals surface area contributed by atoms with E-state index in [0.717, 1.165) is 11.3 Å². The van der Waals surface area contributed by atoms with Crippen LogP contribution in [0.5, 0.6) is 5.75 Å². The van der Waals surface area contributed by atoms with Crippen LogP contribution in [0.4, 0.5) is 5.69 Å². The number of ether oxygens (including phenoxy) is 1. The van der Waals surface area contributed by atoms with Crippen LogP contribution in [0, 0.1) is 13.8 Å². The minimum atomic E-state index is -0.433. The molecular weight excluding hydrogens is 373 g/mol. The summed E-state index contributed by atoms with van der Waals surface area (Å²) in [5.74, 6) is 1.01. The molecule has 1 aromatic heterocycles. The van der Waals surface area contributed by atoms with Gasteiger partial charge < -0.3 is 14.5 Å². The lowest BCUT2D eigenvalue weighted by Crippen LogP contribution is -2.11. The first-order valence-electron chi connectivity index (χ1n) is 7.98. The molecule has 3 aromatic rings. The molecule has 0 unspecified atom stereocenters. The summed E-state index contributed by atoms with van der Waals surface area (Å²) in [5.41, 5.74) is 2.70. The molecule has 0 atom stereocenters. The molecule has 134 valence electrons. The third kappa shape index (κ3) is 4.21. The van der Waals surface area contributed by atoms with Gasteiger partial charge in [-0.15, -0.1) is 0 Å². The molecule has 0 aliphatic carbocycles. The molecule has 0 radical (unpaired) electrons. The smallest absolute Gasteiger partial charge is 0.291 e. The van der Waals surface area contributed by atoms with Crippen molar-refractivity contribution in [3.05, 3.63) is 81.2 Å². The van der Waals surface area contributed by atoms with E-state index in [1.54, 1.807) is 30.3 Å². The molecule has 0 bridgehead atoms. The van der Waals surface area contributed by atoms with Crippen molar-refractivity contribution in [1.82, 2.24) is 0 Å². The maximum atomic E-state index is 12.3. The molecule has 0 spiro atoms. The number of hydrogen-bond donors (Lipinski definition) is 1. The number of carbonyl (C=O) groups is 1. The van der Waals surface area contributed by atoms with E-state index in [2.05, 4.69) is 5.32 Å². The van der Waals surface area contributed by atoms with E-state index >= 15 is 0 Å². The van der Waals surface area contributed by atoms with Crippen LogP contribution in [0.2, 0.25) is 10.0 Å². The fourth-order valence-corrected chi connectivity index (χ4v) is 2.82. The number of para-hydroxylation sites is 1. The Kier molecular flexibility index (Phi) is 5.55. The highest BCUT2D eigenvalue weighted by atomic mass is 35.5. The number of rotatable bonds is 5. The maximum absolute atomic E-state index is 12.3. The number of aryl methyl sites for hydroxylation is 2. The Balaban J connectivity index is 1.65. The van der Waals surface area contributed by atoms with Crippen molar-refractivity contribution in [2.45, 2.75) is 20.5 Å². The maximum Gasteiger partial charge on any atom is 0.291 e. The Morgan fingerprint density at radius 1 is 1.04 bits per heavy atom. The number of carbonyl (C=O) groups excluding carboxylic acids is 1. The van der Waals surface area contributed by atoms with Gasteiger partial charge in [0.1, 0.15) is 18.1 Å². The molecule has 0 aliphatic rings. The van der Waals surface area contributed by atoms with Gasteiger partial charge in [-0.25, -0.2) is 0 Å². The third-order valence-electron chi connectivity index (χ3n) is 3.95. The summed E-state index contributed by atoms with van der Waals surface area (Å²) < 4.78 is 11.3. The lowest BCUT2D eigenvalue weighted by molar-refractivity contribution is 0.0992. The molecule has 3 rings (SSSR count). The van der Waals surface area contributed by atoms with Crippen molar-refractivity contribution in [1.29, 1.82) is 0 Å². The van der Waals surface area contributed by atoms with Crippen LogP contribution in [0.15, 0.2) is 52.9 Å². The Bertz CT molecular complexity index is 930. The van der Waals surface area contributed by atoms with Gasteiger partial charge in [0.15, 0.2) is 5.76 Å². The van der Waals surface area contributed by atoms with Crippen LogP contribution in [0.3, 0.4) is 0 Å². The number of benzene rings is 2. The molecular formula is C20H17Cl2NO3. The van der Waals surface area contributed by atoms with Crippen LogP contribution in [0.1, 0.15) is 27.4 Å². The predicted molar refractivity (Wildman–Crippen MR) is 103 cm³/mol. The molecule has 1 N–H and O–H groups in total. The van der Waals surface area contributed by atoms with Crippen LogP contribution in [-0.4, -0.2) is 5.91 Å². The number of hydrogen-bond acceptors (Lipinski definition) is 3. The van der Waals surface area contributed by atoms with E-state index in [-0.39, 0.29) is 12.4 Å². The zero-order valence-corrected chi connectivity index (χ0v) is 15.8. The first kappa shape index (κ1) is 18.4. The summed E-state index contributed by atoms with van der Waals surface area (Å²) in [5, 5.41) is 3.37. The number of amides is 1. The SMILES string of the molecule is Cc1ccc(OCc2ccc(C(=O)Nc3c(Cl)cccc3Cl)o2)cc1C. The van der Waals surface area contributed by atoms with Gasteiger partial charge in [-0.2, -0.15) is 0 Å².